The van der Waals surface area contributed by atoms with E-state index in [0.29, 0.717) is 11.3 Å². The van der Waals surface area contributed by atoms with Gasteiger partial charge in [-0.15, -0.1) is 0 Å². The quantitative estimate of drug-likeness (QED) is 0.747. The average molecular weight is 230 g/mol. The Morgan fingerprint density at radius 1 is 1.25 bits per heavy atom. The molecule has 1 atom stereocenters. The zero-order valence-corrected chi connectivity index (χ0v) is 8.38. The van der Waals surface area contributed by atoms with Gasteiger partial charge in [-0.3, -0.25) is 0 Å². The first-order chi connectivity index (χ1) is 7.43. The third-order valence-electron chi connectivity index (χ3n) is 1.75. The number of hydrogen-bond donors (Lipinski definition) is 1. The first kappa shape index (κ1) is 12.4. The Hall–Kier alpha value is -1.67. The summed E-state index contributed by atoms with van der Waals surface area (Å²) in [4.78, 5) is 0. The van der Waals surface area contributed by atoms with E-state index in [2.05, 4.69) is 5.92 Å². The van der Waals surface area contributed by atoms with E-state index in [1.54, 1.807) is 18.1 Å². The second-order valence-corrected chi connectivity index (χ2v) is 2.94. The van der Waals surface area contributed by atoms with Gasteiger partial charge in [-0.05, 0) is 24.3 Å². The van der Waals surface area contributed by atoms with Crippen molar-refractivity contribution < 1.29 is 23.0 Å². The van der Waals surface area contributed by atoms with Crippen LogP contribution in [-0.4, -0.2) is 24.5 Å². The third kappa shape index (κ3) is 3.48. The van der Waals surface area contributed by atoms with Crippen LogP contribution in [0.1, 0.15) is 5.56 Å². The van der Waals surface area contributed by atoms with Crippen molar-refractivity contribution in [2.75, 3.05) is 7.11 Å². The molecule has 1 aromatic carbocycles. The maximum Gasteiger partial charge on any atom is 0.425 e. The molecule has 0 aliphatic rings. The summed E-state index contributed by atoms with van der Waals surface area (Å²) in [7, 11) is 1.48. The molecule has 5 heteroatoms. The summed E-state index contributed by atoms with van der Waals surface area (Å²) in [6, 6.07) is 6.16. The lowest BCUT2D eigenvalue weighted by molar-refractivity contribution is -0.184. The Bertz CT molecular complexity index is 398. The molecule has 0 radical (unpaired) electrons. The molecule has 2 nitrogen and oxygen atoms in total. The number of benzene rings is 1. The fraction of sp³-hybridized carbons (Fsp3) is 0.273. The van der Waals surface area contributed by atoms with E-state index in [-0.39, 0.29) is 0 Å². The number of aliphatic hydroxyl groups is 1. The maximum absolute atomic E-state index is 11.9. The number of methoxy groups -OCH3 is 1. The molecule has 1 rings (SSSR count). The fourth-order valence-electron chi connectivity index (χ4n) is 0.908. The minimum atomic E-state index is -4.71. The monoisotopic (exact) mass is 230 g/mol. The standard InChI is InChI=1S/C11H9F3O2/c1-16-9-5-2-8(3-6-9)4-7-10(15)11(12,13)14/h2-3,5-6,10,15H,1H3/t10-/m1/s1. The van der Waals surface area contributed by atoms with Gasteiger partial charge < -0.3 is 9.84 Å². The number of alkyl halides is 3. The van der Waals surface area contributed by atoms with Crippen LogP contribution in [0.15, 0.2) is 24.3 Å². The van der Waals surface area contributed by atoms with Crippen molar-refractivity contribution in [2.45, 2.75) is 12.3 Å². The van der Waals surface area contributed by atoms with Crippen LogP contribution in [-0.2, 0) is 0 Å². The molecule has 0 aliphatic carbocycles. The van der Waals surface area contributed by atoms with E-state index < -0.39 is 12.3 Å². The second kappa shape index (κ2) is 4.90. The molecule has 0 heterocycles. The van der Waals surface area contributed by atoms with Crippen molar-refractivity contribution in [2.24, 2.45) is 0 Å². The Morgan fingerprint density at radius 2 is 1.81 bits per heavy atom. The van der Waals surface area contributed by atoms with E-state index in [1.165, 1.54) is 19.2 Å². The lowest BCUT2D eigenvalue weighted by Crippen LogP contribution is -2.26. The second-order valence-electron chi connectivity index (χ2n) is 2.94. The molecule has 0 aromatic heterocycles. The summed E-state index contributed by atoms with van der Waals surface area (Å²) in [5.74, 6) is 4.53. The lowest BCUT2D eigenvalue weighted by Gasteiger charge is -2.06. The molecule has 0 spiro atoms. The van der Waals surface area contributed by atoms with E-state index in [4.69, 9.17) is 9.84 Å². The molecule has 0 saturated carbocycles. The summed E-state index contributed by atoms with van der Waals surface area (Å²) in [5, 5.41) is 8.62. The fourth-order valence-corrected chi connectivity index (χ4v) is 0.908. The molecule has 0 fully saturated rings. The Balaban J connectivity index is 2.77. The number of hydrogen-bond acceptors (Lipinski definition) is 2. The summed E-state index contributed by atoms with van der Waals surface area (Å²) in [6.45, 7) is 0. The largest absolute Gasteiger partial charge is 0.497 e. The Kier molecular flexibility index (Phi) is 3.80. The molecule has 0 saturated heterocycles. The van der Waals surface area contributed by atoms with Gasteiger partial charge in [0.1, 0.15) is 5.75 Å². The highest BCUT2D eigenvalue weighted by atomic mass is 19.4. The van der Waals surface area contributed by atoms with Crippen LogP contribution in [0.5, 0.6) is 5.75 Å². The minimum absolute atomic E-state index is 0.379. The van der Waals surface area contributed by atoms with Gasteiger partial charge in [-0.1, -0.05) is 11.8 Å². The summed E-state index contributed by atoms with van der Waals surface area (Å²) in [6.07, 6.45) is -7.32. The summed E-state index contributed by atoms with van der Waals surface area (Å²) >= 11 is 0. The smallest absolute Gasteiger partial charge is 0.425 e. The minimum Gasteiger partial charge on any atom is -0.497 e. The predicted octanol–water partition coefficient (Wildman–Crippen LogP) is 1.97. The summed E-state index contributed by atoms with van der Waals surface area (Å²) < 4.78 is 40.6. The Labute approximate surface area is 90.7 Å². The van der Waals surface area contributed by atoms with Crippen molar-refractivity contribution in [3.05, 3.63) is 29.8 Å². The van der Waals surface area contributed by atoms with Gasteiger partial charge >= 0.3 is 6.18 Å². The topological polar surface area (TPSA) is 29.5 Å². The van der Waals surface area contributed by atoms with Gasteiger partial charge in [0.05, 0.1) is 7.11 Å². The first-order valence-electron chi connectivity index (χ1n) is 4.34. The average Bonchev–Trinajstić information content (AvgIpc) is 2.25. The van der Waals surface area contributed by atoms with Gasteiger partial charge in [0.25, 0.3) is 0 Å². The van der Waals surface area contributed by atoms with E-state index in [0.717, 1.165) is 0 Å². The highest BCUT2D eigenvalue weighted by Gasteiger charge is 2.36. The van der Waals surface area contributed by atoms with E-state index >= 15 is 0 Å². The zero-order valence-electron chi connectivity index (χ0n) is 8.38. The highest BCUT2D eigenvalue weighted by molar-refractivity contribution is 5.38. The molecule has 0 bridgehead atoms. The van der Waals surface area contributed by atoms with Gasteiger partial charge in [-0.2, -0.15) is 13.2 Å². The van der Waals surface area contributed by atoms with Crippen molar-refractivity contribution in [3.8, 4) is 17.6 Å². The number of ether oxygens (including phenoxy) is 1. The molecule has 86 valence electrons. The van der Waals surface area contributed by atoms with Crippen LogP contribution in [0, 0.1) is 11.8 Å². The van der Waals surface area contributed by atoms with E-state index in [9.17, 15) is 13.2 Å². The summed E-state index contributed by atoms with van der Waals surface area (Å²) in [5.41, 5.74) is 0.379. The normalized spacial score (nSPS) is 12.6. The zero-order chi connectivity index (χ0) is 12.2. The lowest BCUT2D eigenvalue weighted by atomic mass is 10.2. The van der Waals surface area contributed by atoms with Gasteiger partial charge in [-0.25, -0.2) is 0 Å². The number of rotatable bonds is 1. The molecule has 0 unspecified atom stereocenters. The molecular formula is C11H9F3O2. The van der Waals surface area contributed by atoms with Crippen molar-refractivity contribution in [1.82, 2.24) is 0 Å². The predicted molar refractivity (Wildman–Crippen MR) is 51.9 cm³/mol. The van der Waals surface area contributed by atoms with Crippen LogP contribution in [0.2, 0.25) is 0 Å². The van der Waals surface area contributed by atoms with Gasteiger partial charge in [0.2, 0.25) is 6.10 Å². The molecular weight excluding hydrogens is 221 g/mol. The van der Waals surface area contributed by atoms with Crippen LogP contribution >= 0.6 is 0 Å². The van der Waals surface area contributed by atoms with E-state index in [1.807, 2.05) is 0 Å². The van der Waals surface area contributed by atoms with Gasteiger partial charge in [0, 0.05) is 5.56 Å². The molecule has 1 N–H and O–H groups in total. The van der Waals surface area contributed by atoms with Crippen LogP contribution in [0.4, 0.5) is 13.2 Å². The number of aliphatic hydroxyl groups excluding tert-OH is 1. The molecule has 1 aromatic rings. The number of halogens is 3. The molecule has 0 aliphatic heterocycles. The molecule has 16 heavy (non-hydrogen) atoms. The third-order valence-corrected chi connectivity index (χ3v) is 1.75. The molecule has 0 amide bonds. The van der Waals surface area contributed by atoms with Crippen molar-refractivity contribution >= 4 is 0 Å². The maximum atomic E-state index is 11.9. The van der Waals surface area contributed by atoms with Crippen LogP contribution in [0.3, 0.4) is 0 Å². The van der Waals surface area contributed by atoms with Crippen LogP contribution in [0.25, 0.3) is 0 Å². The SMILES string of the molecule is COc1ccc(C#C[C@@H](O)C(F)(F)F)cc1. The van der Waals surface area contributed by atoms with Crippen molar-refractivity contribution in [3.63, 3.8) is 0 Å². The van der Waals surface area contributed by atoms with Gasteiger partial charge in [0.15, 0.2) is 0 Å². The highest BCUT2D eigenvalue weighted by Crippen LogP contribution is 2.19. The van der Waals surface area contributed by atoms with Crippen molar-refractivity contribution in [1.29, 1.82) is 0 Å². The van der Waals surface area contributed by atoms with Crippen LogP contribution < -0.4 is 4.74 Å². The Morgan fingerprint density at radius 3 is 2.25 bits per heavy atom. The first-order valence-corrected chi connectivity index (χ1v) is 4.34.